The summed E-state index contributed by atoms with van der Waals surface area (Å²) in [6.07, 6.45) is 5.14. The normalized spacial score (nSPS) is 12.5. The Balaban J connectivity index is 0.00000492. The SMILES string of the molecule is [2H]C([2H])([2H])[n+]1[c-]n(-c2[c-]c(Oc3[c-]c(-c4cc5ccccc5cn4)ccc3)ccc2)c2cccc(-c3c(-n4c5ccccc5c5ccccc54)cccc3-n3c4ccccc4c4ccccc43)c21.[Pt]. The average Bonchev–Trinajstić information content (AvgIpc) is 4.05. The first-order chi connectivity index (χ1) is 33.4. The summed E-state index contributed by atoms with van der Waals surface area (Å²) < 4.78 is 41.2. The second-order valence-corrected chi connectivity index (χ2v) is 16.2. The Morgan fingerprint density at radius 2 is 1.03 bits per heavy atom. The molecule has 0 unspecified atom stereocenters. The van der Waals surface area contributed by atoms with Crippen molar-refractivity contribution >= 4 is 65.4 Å². The minimum atomic E-state index is -2.62. The van der Waals surface area contributed by atoms with E-state index in [4.69, 9.17) is 13.8 Å². The molecule has 0 spiro atoms. The summed E-state index contributed by atoms with van der Waals surface area (Å²) in [5.41, 5.74) is 10.8. The molecule has 0 aliphatic rings. The number of imidazole rings is 1. The van der Waals surface area contributed by atoms with E-state index >= 15 is 0 Å². The van der Waals surface area contributed by atoms with Crippen LogP contribution in [-0.4, -0.2) is 18.7 Å². The van der Waals surface area contributed by atoms with Crippen molar-refractivity contribution < 1.29 is 34.5 Å². The van der Waals surface area contributed by atoms with Crippen molar-refractivity contribution in [1.29, 1.82) is 0 Å². The zero-order valence-corrected chi connectivity index (χ0v) is 37.4. The molecule has 0 N–H and O–H groups in total. The van der Waals surface area contributed by atoms with Gasteiger partial charge in [-0.05, 0) is 58.4 Å². The quantitative estimate of drug-likeness (QED) is 0.118. The van der Waals surface area contributed by atoms with Crippen molar-refractivity contribution in [1.82, 2.24) is 18.7 Å². The van der Waals surface area contributed by atoms with Crippen molar-refractivity contribution in [3.63, 3.8) is 0 Å². The molecule has 4 aromatic heterocycles. The number of benzene rings is 9. The van der Waals surface area contributed by atoms with Crippen molar-refractivity contribution in [3.8, 4) is 50.9 Å². The molecule has 0 saturated carbocycles. The summed E-state index contributed by atoms with van der Waals surface area (Å²) in [6, 6.07) is 74.4. The van der Waals surface area contributed by atoms with Crippen LogP contribution in [0, 0.1) is 18.5 Å². The van der Waals surface area contributed by atoms with E-state index in [2.05, 4.69) is 149 Å². The van der Waals surface area contributed by atoms with Gasteiger partial charge in [-0.15, -0.1) is 35.9 Å². The first kappa shape index (κ1) is 36.3. The van der Waals surface area contributed by atoms with Crippen molar-refractivity contribution in [2.24, 2.45) is 6.98 Å². The minimum Gasteiger partial charge on any atom is -0.504 e. The number of hydrogen-bond donors (Lipinski definition) is 0. The number of aryl methyl sites for hydroxylation is 1. The molecule has 9 aromatic carbocycles. The van der Waals surface area contributed by atoms with Gasteiger partial charge in [0.15, 0.2) is 0 Å². The Bertz CT molecular complexity index is 3910. The van der Waals surface area contributed by atoms with E-state index in [-0.39, 0.29) is 21.1 Å². The number of rotatable bonds is 7. The van der Waals surface area contributed by atoms with E-state index in [1.54, 1.807) is 4.57 Å². The molecule has 316 valence electrons. The van der Waals surface area contributed by atoms with Crippen LogP contribution in [0.3, 0.4) is 0 Å². The van der Waals surface area contributed by atoms with Gasteiger partial charge in [-0.3, -0.25) is 0 Å². The molecule has 4 heterocycles. The maximum absolute atomic E-state index is 9.03. The molecule has 66 heavy (non-hydrogen) atoms. The molecule has 0 fully saturated rings. The number of fused-ring (bicyclic) bond motifs is 8. The largest absolute Gasteiger partial charge is 0.504 e. The summed E-state index contributed by atoms with van der Waals surface area (Å²) >= 11 is 0. The van der Waals surface area contributed by atoms with Crippen LogP contribution in [0.25, 0.3) is 105 Å². The third-order valence-electron chi connectivity index (χ3n) is 12.5. The molecule has 0 aliphatic carbocycles. The minimum absolute atomic E-state index is 0. The van der Waals surface area contributed by atoms with Crippen molar-refractivity contribution in [2.45, 2.75) is 0 Å². The predicted molar refractivity (Wildman–Crippen MR) is 262 cm³/mol. The number of aromatic nitrogens is 5. The van der Waals surface area contributed by atoms with Crippen molar-refractivity contribution in [2.75, 3.05) is 0 Å². The van der Waals surface area contributed by atoms with Gasteiger partial charge in [-0.2, -0.15) is 12.1 Å². The molecule has 13 aromatic rings. The molecule has 0 aliphatic heterocycles. The summed E-state index contributed by atoms with van der Waals surface area (Å²) in [4.78, 5) is 4.70. The predicted octanol–water partition coefficient (Wildman–Crippen LogP) is 13.7. The Morgan fingerprint density at radius 3 is 1.65 bits per heavy atom. The zero-order valence-electron chi connectivity index (χ0n) is 38.1. The van der Waals surface area contributed by atoms with Gasteiger partial charge in [-0.1, -0.05) is 139 Å². The molecule has 6 nitrogen and oxygen atoms in total. The molecule has 0 atom stereocenters. The zero-order chi connectivity index (χ0) is 45.5. The van der Waals surface area contributed by atoms with Gasteiger partial charge in [0, 0.05) is 65.9 Å². The summed E-state index contributed by atoms with van der Waals surface area (Å²) in [5, 5.41) is 6.65. The Morgan fingerprint density at radius 1 is 0.515 bits per heavy atom. The Kier molecular flexibility index (Phi) is 8.74. The Hall–Kier alpha value is -8.05. The van der Waals surface area contributed by atoms with E-state index < -0.39 is 6.98 Å². The summed E-state index contributed by atoms with van der Waals surface area (Å²) in [6.45, 7) is -2.62. The average molecular weight is 1030 g/mol. The fourth-order valence-electron chi connectivity index (χ4n) is 9.71. The van der Waals surface area contributed by atoms with Gasteiger partial charge in [0.05, 0.1) is 55.6 Å². The second kappa shape index (κ2) is 15.9. The van der Waals surface area contributed by atoms with Crippen LogP contribution >= 0.6 is 0 Å². The first-order valence-corrected chi connectivity index (χ1v) is 21.6. The monoisotopic (exact) mass is 1030 g/mol. The van der Waals surface area contributed by atoms with Crippen molar-refractivity contribution in [3.05, 3.63) is 225 Å². The van der Waals surface area contributed by atoms with E-state index in [1.165, 1.54) is 4.57 Å². The van der Waals surface area contributed by atoms with Crippen LogP contribution in [0.5, 0.6) is 11.5 Å². The molecule has 7 heteroatoms. The fraction of sp³-hybridized carbons (Fsp3) is 0.0169. The third kappa shape index (κ3) is 6.28. The number of para-hydroxylation sites is 5. The number of nitrogens with zero attached hydrogens (tertiary/aromatic N) is 5. The second-order valence-electron chi connectivity index (χ2n) is 16.2. The molecule has 0 bridgehead atoms. The van der Waals surface area contributed by atoms with E-state index in [0.717, 1.165) is 88.1 Å². The fourth-order valence-corrected chi connectivity index (χ4v) is 9.71. The van der Waals surface area contributed by atoms with Crippen LogP contribution in [-0.2, 0) is 28.0 Å². The maximum atomic E-state index is 9.03. The number of pyridine rings is 1. The molecule has 13 rings (SSSR count). The molecule has 0 radical (unpaired) electrons. The van der Waals surface area contributed by atoms with E-state index in [1.807, 2.05) is 85.1 Å². The van der Waals surface area contributed by atoms with Gasteiger partial charge < -0.3 is 28.0 Å². The maximum Gasteiger partial charge on any atom is 0.242 e. The third-order valence-corrected chi connectivity index (χ3v) is 12.5. The van der Waals surface area contributed by atoms with E-state index in [9.17, 15) is 0 Å². The summed E-state index contributed by atoms with van der Waals surface area (Å²) in [5.74, 6) is 0.922. The van der Waals surface area contributed by atoms with Gasteiger partial charge in [0.2, 0.25) is 6.33 Å². The standard InChI is InChI=1S/C59H37N5O.Pt/c1-61-38-62(42-19-13-21-44(36-42)65-43-20-12-18-40(34-43)50-35-39-16-2-3-17-41(39)37-60-50)57-33-14-26-49(59(57)61)58-55(63-51-27-8-4-22-45(51)46-23-5-9-28-52(46)63)31-15-32-56(58)64-53-29-10-6-24-47(53)48-25-7-11-30-54(48)64;/h2-33,35,37H,1H3;/q-2;/i1D3;. The van der Waals surface area contributed by atoms with Crippen LogP contribution in [0.15, 0.2) is 206 Å². The van der Waals surface area contributed by atoms with Crippen LogP contribution in [0.2, 0.25) is 0 Å². The Labute approximate surface area is 399 Å². The number of ether oxygens (including phenoxy) is 1. The topological polar surface area (TPSA) is 40.8 Å². The van der Waals surface area contributed by atoms with E-state index in [0.29, 0.717) is 28.2 Å². The van der Waals surface area contributed by atoms with Crippen LogP contribution < -0.4 is 9.30 Å². The molecular weight excluding hydrogens is 990 g/mol. The molecular formula is C59H37N5OPt-2. The van der Waals surface area contributed by atoms with Gasteiger partial charge >= 0.3 is 0 Å². The first-order valence-electron chi connectivity index (χ1n) is 23.1. The van der Waals surface area contributed by atoms with Crippen LogP contribution in [0.4, 0.5) is 0 Å². The summed E-state index contributed by atoms with van der Waals surface area (Å²) in [7, 11) is 0. The van der Waals surface area contributed by atoms with Gasteiger partial charge in [0.25, 0.3) is 0 Å². The van der Waals surface area contributed by atoms with Crippen LogP contribution in [0.1, 0.15) is 4.11 Å². The smallest absolute Gasteiger partial charge is 0.242 e. The molecule has 0 amide bonds. The molecule has 0 saturated heterocycles. The van der Waals surface area contributed by atoms with Gasteiger partial charge in [0.1, 0.15) is 0 Å². The number of hydrogen-bond acceptors (Lipinski definition) is 2. The van der Waals surface area contributed by atoms with Gasteiger partial charge in [-0.25, -0.2) is 0 Å².